The monoisotopic (exact) mass is 262 g/mol. The van der Waals surface area contributed by atoms with Crippen LogP contribution in [-0.2, 0) is 0 Å². The predicted octanol–water partition coefficient (Wildman–Crippen LogP) is 3.60. The largest absolute Gasteiger partial charge is 0.362 e. The first-order valence-electron chi connectivity index (χ1n) is 7.16. The highest BCUT2D eigenvalue weighted by atomic mass is 32.1. The van der Waals surface area contributed by atoms with Gasteiger partial charge in [-0.25, -0.2) is 0 Å². The van der Waals surface area contributed by atoms with Gasteiger partial charge in [-0.1, -0.05) is 12.2 Å². The molecule has 1 saturated heterocycles. The number of hydrogen-bond donors (Lipinski definition) is 0. The lowest BCUT2D eigenvalue weighted by molar-refractivity contribution is 0.347. The minimum atomic E-state index is 0.753. The Kier molecular flexibility index (Phi) is 3.18. The van der Waals surface area contributed by atoms with Crippen molar-refractivity contribution in [3.8, 4) is 0 Å². The molecule has 98 valence electrons. The van der Waals surface area contributed by atoms with Crippen LogP contribution in [0.1, 0.15) is 55.1 Å². The predicted molar refractivity (Wildman–Crippen MR) is 79.3 cm³/mol. The zero-order valence-corrected chi connectivity index (χ0v) is 12.2. The molecule has 0 aromatic carbocycles. The van der Waals surface area contributed by atoms with Gasteiger partial charge in [0.05, 0.1) is 0 Å². The van der Waals surface area contributed by atoms with Gasteiger partial charge in [0.15, 0.2) is 0 Å². The molecule has 2 aliphatic rings. The van der Waals surface area contributed by atoms with Crippen LogP contribution in [0.25, 0.3) is 0 Å². The summed E-state index contributed by atoms with van der Waals surface area (Å²) in [4.78, 5) is 3.48. The summed E-state index contributed by atoms with van der Waals surface area (Å²) < 4.78 is 2.49. The van der Waals surface area contributed by atoms with E-state index in [0.29, 0.717) is 0 Å². The molecule has 2 nitrogen and oxygen atoms in total. The SMILES string of the molecule is Cc1cc(C(=S)N2CCCCC2)c(C)n1C1CC1. The summed E-state index contributed by atoms with van der Waals surface area (Å²) in [6.45, 7) is 6.74. The maximum atomic E-state index is 5.72. The van der Waals surface area contributed by atoms with Gasteiger partial charge in [0, 0.05) is 36.1 Å². The van der Waals surface area contributed by atoms with Gasteiger partial charge in [-0.3, -0.25) is 0 Å². The molecule has 1 aromatic rings. The Bertz CT molecular complexity index is 465. The van der Waals surface area contributed by atoms with Crippen molar-refractivity contribution in [2.24, 2.45) is 0 Å². The van der Waals surface area contributed by atoms with Crippen LogP contribution >= 0.6 is 12.2 Å². The lowest BCUT2D eigenvalue weighted by Gasteiger charge is -2.29. The first-order chi connectivity index (χ1) is 8.68. The summed E-state index contributed by atoms with van der Waals surface area (Å²) in [5.41, 5.74) is 4.06. The van der Waals surface area contributed by atoms with Crippen LogP contribution in [0.15, 0.2) is 6.07 Å². The maximum Gasteiger partial charge on any atom is 0.111 e. The van der Waals surface area contributed by atoms with Crippen molar-refractivity contribution in [2.75, 3.05) is 13.1 Å². The number of aryl methyl sites for hydroxylation is 1. The topological polar surface area (TPSA) is 8.17 Å². The zero-order chi connectivity index (χ0) is 12.7. The number of thiocarbonyl (C=S) groups is 1. The van der Waals surface area contributed by atoms with Crippen LogP contribution < -0.4 is 0 Å². The molecule has 0 atom stereocenters. The first kappa shape index (κ1) is 12.2. The highest BCUT2D eigenvalue weighted by Crippen LogP contribution is 2.38. The number of hydrogen-bond acceptors (Lipinski definition) is 1. The zero-order valence-electron chi connectivity index (χ0n) is 11.4. The molecule has 2 fully saturated rings. The van der Waals surface area contributed by atoms with Crippen molar-refractivity contribution in [1.29, 1.82) is 0 Å². The van der Waals surface area contributed by atoms with Crippen molar-refractivity contribution >= 4 is 17.2 Å². The summed E-state index contributed by atoms with van der Waals surface area (Å²) >= 11 is 5.72. The third-order valence-electron chi connectivity index (χ3n) is 4.27. The Labute approximate surface area is 115 Å². The smallest absolute Gasteiger partial charge is 0.111 e. The molecule has 0 unspecified atom stereocenters. The molecule has 18 heavy (non-hydrogen) atoms. The molecule has 1 saturated carbocycles. The molecule has 2 heterocycles. The fourth-order valence-corrected chi connectivity index (χ4v) is 3.54. The quantitative estimate of drug-likeness (QED) is 0.753. The minimum absolute atomic E-state index is 0.753. The molecule has 0 spiro atoms. The van der Waals surface area contributed by atoms with Gasteiger partial charge in [0.1, 0.15) is 4.99 Å². The highest BCUT2D eigenvalue weighted by Gasteiger charge is 2.28. The van der Waals surface area contributed by atoms with Gasteiger partial charge < -0.3 is 9.47 Å². The Balaban J connectivity index is 1.87. The molecular weight excluding hydrogens is 240 g/mol. The lowest BCUT2D eigenvalue weighted by Crippen LogP contribution is -2.35. The van der Waals surface area contributed by atoms with E-state index in [9.17, 15) is 0 Å². The summed E-state index contributed by atoms with van der Waals surface area (Å²) in [6, 6.07) is 3.05. The Morgan fingerprint density at radius 3 is 2.44 bits per heavy atom. The third-order valence-corrected chi connectivity index (χ3v) is 4.75. The number of nitrogens with zero attached hydrogens (tertiary/aromatic N) is 2. The van der Waals surface area contributed by atoms with E-state index in [0.717, 1.165) is 24.1 Å². The Hall–Kier alpha value is -0.830. The fraction of sp³-hybridized carbons (Fsp3) is 0.667. The normalized spacial score (nSPS) is 20.2. The molecule has 1 aliphatic heterocycles. The van der Waals surface area contributed by atoms with Crippen molar-refractivity contribution in [3.63, 3.8) is 0 Å². The average Bonchev–Trinajstić information content (AvgIpc) is 3.16. The molecule has 1 aliphatic carbocycles. The second kappa shape index (κ2) is 4.69. The average molecular weight is 262 g/mol. The molecule has 0 amide bonds. The van der Waals surface area contributed by atoms with E-state index in [-0.39, 0.29) is 0 Å². The summed E-state index contributed by atoms with van der Waals surface area (Å²) in [5.74, 6) is 0. The second-order valence-corrected chi connectivity index (χ2v) is 6.13. The van der Waals surface area contributed by atoms with E-state index in [4.69, 9.17) is 12.2 Å². The Morgan fingerprint density at radius 2 is 1.83 bits per heavy atom. The summed E-state index contributed by atoms with van der Waals surface area (Å²) in [7, 11) is 0. The molecule has 1 aromatic heterocycles. The van der Waals surface area contributed by atoms with Crippen molar-refractivity contribution in [3.05, 3.63) is 23.0 Å². The Morgan fingerprint density at radius 1 is 1.17 bits per heavy atom. The number of rotatable bonds is 2. The fourth-order valence-electron chi connectivity index (χ4n) is 3.16. The van der Waals surface area contributed by atoms with Gasteiger partial charge in [-0.2, -0.15) is 0 Å². The van der Waals surface area contributed by atoms with Gasteiger partial charge in [0.2, 0.25) is 0 Å². The van der Waals surface area contributed by atoms with E-state index in [2.05, 4.69) is 29.4 Å². The standard InChI is InChI=1S/C15H22N2S/c1-11-10-14(12(2)17(11)13-6-7-13)15(18)16-8-4-3-5-9-16/h10,13H,3-9H2,1-2H3. The molecule has 3 rings (SSSR count). The van der Waals surface area contributed by atoms with E-state index in [1.807, 2.05) is 0 Å². The highest BCUT2D eigenvalue weighted by molar-refractivity contribution is 7.80. The second-order valence-electron chi connectivity index (χ2n) is 5.74. The van der Waals surface area contributed by atoms with E-state index >= 15 is 0 Å². The van der Waals surface area contributed by atoms with Crippen LogP contribution in [0.4, 0.5) is 0 Å². The number of piperidine rings is 1. The van der Waals surface area contributed by atoms with Crippen molar-refractivity contribution in [2.45, 2.75) is 52.0 Å². The molecule has 0 N–H and O–H groups in total. The summed E-state index contributed by atoms with van der Waals surface area (Å²) in [5, 5.41) is 0. The van der Waals surface area contributed by atoms with Gasteiger partial charge in [-0.15, -0.1) is 0 Å². The molecule has 0 bridgehead atoms. The van der Waals surface area contributed by atoms with Crippen molar-refractivity contribution in [1.82, 2.24) is 9.47 Å². The van der Waals surface area contributed by atoms with Crippen LogP contribution in [-0.4, -0.2) is 27.5 Å². The van der Waals surface area contributed by atoms with Gasteiger partial charge in [-0.05, 0) is 52.0 Å². The number of aromatic nitrogens is 1. The van der Waals surface area contributed by atoms with Gasteiger partial charge >= 0.3 is 0 Å². The van der Waals surface area contributed by atoms with Gasteiger partial charge in [0.25, 0.3) is 0 Å². The van der Waals surface area contributed by atoms with E-state index in [1.54, 1.807) is 0 Å². The molecular formula is C15H22N2S. The molecule has 3 heteroatoms. The summed E-state index contributed by atoms with van der Waals surface area (Å²) in [6.07, 6.45) is 6.63. The minimum Gasteiger partial charge on any atom is -0.362 e. The van der Waals surface area contributed by atoms with Crippen LogP contribution in [0.2, 0.25) is 0 Å². The van der Waals surface area contributed by atoms with Crippen LogP contribution in [0.3, 0.4) is 0 Å². The lowest BCUT2D eigenvalue weighted by atomic mass is 10.1. The molecule has 0 radical (unpaired) electrons. The van der Waals surface area contributed by atoms with E-state index in [1.165, 1.54) is 49.1 Å². The number of likely N-dealkylation sites (tertiary alicyclic amines) is 1. The van der Waals surface area contributed by atoms with Crippen LogP contribution in [0, 0.1) is 13.8 Å². The van der Waals surface area contributed by atoms with E-state index < -0.39 is 0 Å². The van der Waals surface area contributed by atoms with Crippen molar-refractivity contribution < 1.29 is 0 Å². The van der Waals surface area contributed by atoms with Crippen LogP contribution in [0.5, 0.6) is 0 Å². The third kappa shape index (κ3) is 2.09. The first-order valence-corrected chi connectivity index (χ1v) is 7.57. The maximum absolute atomic E-state index is 5.72.